The topological polar surface area (TPSA) is 27.1 Å². The van der Waals surface area contributed by atoms with Crippen LogP contribution in [0.5, 0.6) is 0 Å². The fourth-order valence-corrected chi connectivity index (χ4v) is 2.60. The number of benzene rings is 2. The lowest BCUT2D eigenvalue weighted by Crippen LogP contribution is -2.05. The molecule has 2 aromatic carbocycles. The molecule has 0 saturated carbocycles. The van der Waals surface area contributed by atoms with Crippen molar-refractivity contribution in [3.05, 3.63) is 53.1 Å². The molecule has 108 valence electrons. The quantitative estimate of drug-likeness (QED) is 0.718. The van der Waals surface area contributed by atoms with E-state index >= 15 is 0 Å². The highest BCUT2D eigenvalue weighted by Crippen LogP contribution is 2.27. The van der Waals surface area contributed by atoms with E-state index in [4.69, 9.17) is 21.3 Å². The summed E-state index contributed by atoms with van der Waals surface area (Å²) in [6, 6.07) is 14.2. The third-order valence-electron chi connectivity index (χ3n) is 3.54. The lowest BCUT2D eigenvalue weighted by molar-refractivity contribution is 0.188. The monoisotopic (exact) mass is 300 g/mol. The number of methoxy groups -OCH3 is 1. The van der Waals surface area contributed by atoms with Crippen LogP contribution < -0.4 is 0 Å². The summed E-state index contributed by atoms with van der Waals surface area (Å²) in [5.41, 5.74) is 4.33. The summed E-state index contributed by atoms with van der Waals surface area (Å²) in [5.74, 6) is 0.948. The average molecular weight is 301 g/mol. The van der Waals surface area contributed by atoms with Crippen molar-refractivity contribution in [1.29, 1.82) is 0 Å². The van der Waals surface area contributed by atoms with Crippen LogP contribution in [0.15, 0.2) is 42.5 Å². The van der Waals surface area contributed by atoms with Crippen molar-refractivity contribution in [3.8, 4) is 11.4 Å². The van der Waals surface area contributed by atoms with E-state index in [2.05, 4.69) is 35.8 Å². The predicted octanol–water partition coefficient (Wildman–Crippen LogP) is 4.31. The molecule has 3 aromatic rings. The second kappa shape index (κ2) is 5.88. The Kier molecular flexibility index (Phi) is 3.95. The van der Waals surface area contributed by atoms with Crippen LogP contribution in [0.1, 0.15) is 5.56 Å². The molecule has 0 aliphatic heterocycles. The molecule has 4 heteroatoms. The van der Waals surface area contributed by atoms with Crippen LogP contribution in [-0.2, 0) is 11.3 Å². The van der Waals surface area contributed by atoms with Crippen molar-refractivity contribution in [3.63, 3.8) is 0 Å². The molecule has 0 amide bonds. The predicted molar refractivity (Wildman–Crippen MR) is 86.8 cm³/mol. The van der Waals surface area contributed by atoms with Gasteiger partial charge in [0, 0.05) is 24.2 Å². The molecule has 0 aliphatic carbocycles. The number of hydrogen-bond donors (Lipinski definition) is 0. The highest BCUT2D eigenvalue weighted by molar-refractivity contribution is 6.31. The van der Waals surface area contributed by atoms with Crippen LogP contribution in [-0.4, -0.2) is 23.3 Å². The summed E-state index contributed by atoms with van der Waals surface area (Å²) in [6.07, 6.45) is 0. The van der Waals surface area contributed by atoms with Gasteiger partial charge < -0.3 is 9.30 Å². The first-order valence-electron chi connectivity index (χ1n) is 6.91. The van der Waals surface area contributed by atoms with Gasteiger partial charge in [-0.05, 0) is 25.1 Å². The number of hydrogen-bond acceptors (Lipinski definition) is 2. The molecule has 1 heterocycles. The molecular formula is C17H17ClN2O. The number of ether oxygens (including phenoxy) is 1. The fraction of sp³-hybridized carbons (Fsp3) is 0.235. The van der Waals surface area contributed by atoms with Gasteiger partial charge in [0.1, 0.15) is 5.82 Å². The minimum absolute atomic E-state index is 0.646. The smallest absolute Gasteiger partial charge is 0.141 e. The van der Waals surface area contributed by atoms with Gasteiger partial charge in [-0.3, -0.25) is 0 Å². The largest absolute Gasteiger partial charge is 0.383 e. The van der Waals surface area contributed by atoms with Crippen LogP contribution in [0.4, 0.5) is 0 Å². The number of aromatic nitrogens is 2. The van der Waals surface area contributed by atoms with Gasteiger partial charge in [0.2, 0.25) is 0 Å². The van der Waals surface area contributed by atoms with E-state index in [-0.39, 0.29) is 0 Å². The fourth-order valence-electron chi connectivity index (χ4n) is 2.43. The van der Waals surface area contributed by atoms with Crippen LogP contribution in [0, 0.1) is 6.92 Å². The standard InChI is InChI=1S/C17H17ClN2O/c1-12-3-5-13(6-4-12)17-19-15-11-14(18)7-8-16(15)20(17)9-10-21-2/h3-8,11H,9-10H2,1-2H3. The molecule has 0 spiro atoms. The zero-order valence-electron chi connectivity index (χ0n) is 12.1. The lowest BCUT2D eigenvalue weighted by atomic mass is 10.1. The number of halogens is 1. The van der Waals surface area contributed by atoms with E-state index in [0.29, 0.717) is 11.6 Å². The zero-order chi connectivity index (χ0) is 14.8. The third kappa shape index (κ3) is 2.80. The number of nitrogens with zero attached hydrogens (tertiary/aromatic N) is 2. The van der Waals surface area contributed by atoms with Crippen molar-refractivity contribution in [2.45, 2.75) is 13.5 Å². The molecule has 0 fully saturated rings. The van der Waals surface area contributed by atoms with E-state index in [1.165, 1.54) is 5.56 Å². The molecule has 0 saturated heterocycles. The van der Waals surface area contributed by atoms with Crippen LogP contribution in [0.2, 0.25) is 5.02 Å². The Balaban J connectivity index is 2.17. The van der Waals surface area contributed by atoms with E-state index < -0.39 is 0 Å². The summed E-state index contributed by atoms with van der Waals surface area (Å²) >= 11 is 6.08. The highest BCUT2D eigenvalue weighted by Gasteiger charge is 2.12. The Hall–Kier alpha value is -1.84. The van der Waals surface area contributed by atoms with E-state index in [9.17, 15) is 0 Å². The Bertz CT molecular complexity index is 762. The van der Waals surface area contributed by atoms with Crippen LogP contribution in [0.25, 0.3) is 22.4 Å². The molecule has 21 heavy (non-hydrogen) atoms. The van der Waals surface area contributed by atoms with Crippen molar-refractivity contribution in [1.82, 2.24) is 9.55 Å². The number of rotatable bonds is 4. The number of aryl methyl sites for hydroxylation is 1. The molecule has 1 aromatic heterocycles. The van der Waals surface area contributed by atoms with Crippen molar-refractivity contribution >= 4 is 22.6 Å². The Morgan fingerprint density at radius 2 is 1.90 bits per heavy atom. The SMILES string of the molecule is COCCn1c(-c2ccc(C)cc2)nc2cc(Cl)ccc21. The van der Waals surface area contributed by atoms with Gasteiger partial charge in [0.15, 0.2) is 0 Å². The Morgan fingerprint density at radius 1 is 1.14 bits per heavy atom. The van der Waals surface area contributed by atoms with Gasteiger partial charge in [0.05, 0.1) is 17.6 Å². The van der Waals surface area contributed by atoms with Gasteiger partial charge in [0.25, 0.3) is 0 Å². The molecule has 0 bridgehead atoms. The molecular weight excluding hydrogens is 284 g/mol. The number of fused-ring (bicyclic) bond motifs is 1. The summed E-state index contributed by atoms with van der Waals surface area (Å²) in [6.45, 7) is 3.49. The van der Waals surface area contributed by atoms with Crippen molar-refractivity contribution < 1.29 is 4.74 Å². The first-order chi connectivity index (χ1) is 10.2. The molecule has 0 radical (unpaired) electrons. The maximum atomic E-state index is 6.08. The Labute approximate surface area is 129 Å². The van der Waals surface area contributed by atoms with Crippen LogP contribution in [0.3, 0.4) is 0 Å². The maximum Gasteiger partial charge on any atom is 0.141 e. The summed E-state index contributed by atoms with van der Waals surface area (Å²) < 4.78 is 7.40. The summed E-state index contributed by atoms with van der Waals surface area (Å²) in [4.78, 5) is 4.75. The van der Waals surface area contributed by atoms with Gasteiger partial charge >= 0.3 is 0 Å². The normalized spacial score (nSPS) is 11.2. The van der Waals surface area contributed by atoms with E-state index in [1.54, 1.807) is 7.11 Å². The average Bonchev–Trinajstić information content (AvgIpc) is 2.83. The molecule has 0 N–H and O–H groups in total. The second-order valence-electron chi connectivity index (χ2n) is 5.08. The summed E-state index contributed by atoms with van der Waals surface area (Å²) in [7, 11) is 1.71. The maximum absolute atomic E-state index is 6.08. The van der Waals surface area contributed by atoms with Gasteiger partial charge in [-0.2, -0.15) is 0 Å². The van der Waals surface area contributed by atoms with Gasteiger partial charge in [-0.25, -0.2) is 4.98 Å². The molecule has 0 aliphatic rings. The first kappa shape index (κ1) is 14.1. The third-order valence-corrected chi connectivity index (χ3v) is 3.77. The minimum atomic E-state index is 0.646. The van der Waals surface area contributed by atoms with Gasteiger partial charge in [-0.1, -0.05) is 41.4 Å². The minimum Gasteiger partial charge on any atom is -0.383 e. The molecule has 0 unspecified atom stereocenters. The molecule has 3 nitrogen and oxygen atoms in total. The lowest BCUT2D eigenvalue weighted by Gasteiger charge is -2.09. The Morgan fingerprint density at radius 3 is 2.62 bits per heavy atom. The second-order valence-corrected chi connectivity index (χ2v) is 5.52. The van der Waals surface area contributed by atoms with Crippen molar-refractivity contribution in [2.24, 2.45) is 0 Å². The van der Waals surface area contributed by atoms with Crippen LogP contribution >= 0.6 is 11.6 Å². The molecule has 0 atom stereocenters. The molecule has 3 rings (SSSR count). The number of imidazole rings is 1. The van der Waals surface area contributed by atoms with E-state index in [1.807, 2.05) is 18.2 Å². The van der Waals surface area contributed by atoms with Gasteiger partial charge in [-0.15, -0.1) is 0 Å². The zero-order valence-corrected chi connectivity index (χ0v) is 12.9. The van der Waals surface area contributed by atoms with E-state index in [0.717, 1.165) is 29.0 Å². The summed E-state index contributed by atoms with van der Waals surface area (Å²) in [5, 5.41) is 0.703. The highest BCUT2D eigenvalue weighted by atomic mass is 35.5. The first-order valence-corrected chi connectivity index (χ1v) is 7.28. The van der Waals surface area contributed by atoms with Crippen molar-refractivity contribution in [2.75, 3.05) is 13.7 Å².